The maximum Gasteiger partial charge on any atom is 0.416 e. The Hall–Kier alpha value is -2.90. The number of rotatable bonds is 4. The Labute approximate surface area is 146 Å². The number of aromatic nitrogens is 3. The Bertz CT molecular complexity index is 966. The summed E-state index contributed by atoms with van der Waals surface area (Å²) in [6.07, 6.45) is -2.21. The molecule has 5 nitrogen and oxygen atoms in total. The van der Waals surface area contributed by atoms with Crippen LogP contribution < -0.4 is 5.32 Å². The van der Waals surface area contributed by atoms with Gasteiger partial charge in [0.2, 0.25) is 5.91 Å². The minimum atomic E-state index is -4.42. The molecular formula is C18H15F3N4O. The number of carbonyl (C=O) groups excluding carboxylic acids is 1. The molecule has 1 aliphatic carbocycles. The van der Waals surface area contributed by atoms with Gasteiger partial charge in [0.1, 0.15) is 0 Å². The van der Waals surface area contributed by atoms with Gasteiger partial charge >= 0.3 is 6.18 Å². The van der Waals surface area contributed by atoms with E-state index in [-0.39, 0.29) is 18.0 Å². The monoisotopic (exact) mass is 360 g/mol. The number of hydrogen-bond acceptors (Lipinski definition) is 3. The van der Waals surface area contributed by atoms with Crippen LogP contribution in [0.2, 0.25) is 0 Å². The van der Waals surface area contributed by atoms with Crippen molar-refractivity contribution in [1.82, 2.24) is 19.9 Å². The van der Waals surface area contributed by atoms with Crippen LogP contribution in [0.5, 0.6) is 0 Å². The summed E-state index contributed by atoms with van der Waals surface area (Å²) in [5, 5.41) is 10.8. The molecule has 2 aromatic heterocycles. The molecule has 1 fully saturated rings. The molecule has 0 bridgehead atoms. The summed E-state index contributed by atoms with van der Waals surface area (Å²) < 4.78 is 41.1. The van der Waals surface area contributed by atoms with Crippen molar-refractivity contribution in [2.75, 3.05) is 0 Å². The normalized spacial score (nSPS) is 19.5. The lowest BCUT2D eigenvalue weighted by Gasteiger charge is -2.12. The zero-order chi connectivity index (χ0) is 18.3. The Morgan fingerprint density at radius 3 is 2.73 bits per heavy atom. The molecule has 3 aromatic rings. The van der Waals surface area contributed by atoms with Crippen LogP contribution in [-0.2, 0) is 17.5 Å². The average molecular weight is 360 g/mol. The number of pyridine rings is 1. The fourth-order valence-corrected chi connectivity index (χ4v) is 3.22. The molecule has 2 unspecified atom stereocenters. The predicted octanol–water partition coefficient (Wildman–Crippen LogP) is 3.17. The molecule has 1 aromatic carbocycles. The van der Waals surface area contributed by atoms with E-state index in [4.69, 9.17) is 0 Å². The van der Waals surface area contributed by atoms with Gasteiger partial charge < -0.3 is 5.32 Å². The van der Waals surface area contributed by atoms with Gasteiger partial charge in [0, 0.05) is 12.1 Å². The van der Waals surface area contributed by atoms with Gasteiger partial charge in [-0.2, -0.15) is 13.2 Å². The van der Waals surface area contributed by atoms with Crippen molar-refractivity contribution >= 4 is 11.6 Å². The Kier molecular flexibility index (Phi) is 3.90. The van der Waals surface area contributed by atoms with Crippen LogP contribution in [0.3, 0.4) is 0 Å². The molecule has 1 saturated carbocycles. The highest BCUT2D eigenvalue weighted by molar-refractivity contribution is 5.83. The highest BCUT2D eigenvalue weighted by Gasteiger charge is 2.47. The van der Waals surface area contributed by atoms with Gasteiger partial charge in [-0.1, -0.05) is 24.3 Å². The molecule has 26 heavy (non-hydrogen) atoms. The first-order chi connectivity index (χ1) is 12.4. The predicted molar refractivity (Wildman–Crippen MR) is 87.1 cm³/mol. The summed E-state index contributed by atoms with van der Waals surface area (Å²) in [6.45, 7) is 0.175. The molecule has 134 valence electrons. The molecule has 0 saturated heterocycles. The van der Waals surface area contributed by atoms with E-state index in [1.54, 1.807) is 22.7 Å². The van der Waals surface area contributed by atoms with Gasteiger partial charge in [-0.05, 0) is 36.1 Å². The first-order valence-corrected chi connectivity index (χ1v) is 8.17. The molecule has 2 atom stereocenters. The number of nitrogens with zero attached hydrogens (tertiary/aromatic N) is 3. The van der Waals surface area contributed by atoms with Crippen molar-refractivity contribution in [3.05, 3.63) is 65.6 Å². The van der Waals surface area contributed by atoms with Crippen LogP contribution in [0.15, 0.2) is 48.7 Å². The summed E-state index contributed by atoms with van der Waals surface area (Å²) in [4.78, 5) is 12.3. The van der Waals surface area contributed by atoms with Crippen molar-refractivity contribution < 1.29 is 18.0 Å². The molecule has 1 aliphatic rings. The van der Waals surface area contributed by atoms with Crippen molar-refractivity contribution in [1.29, 1.82) is 0 Å². The summed E-state index contributed by atoms with van der Waals surface area (Å²) in [5.74, 6) is -0.540. The Morgan fingerprint density at radius 2 is 1.92 bits per heavy atom. The summed E-state index contributed by atoms with van der Waals surface area (Å²) in [6, 6.07) is 10.9. The number of alkyl halides is 3. The van der Waals surface area contributed by atoms with E-state index in [1.807, 2.05) is 12.1 Å². The van der Waals surface area contributed by atoms with Gasteiger partial charge in [-0.15, -0.1) is 10.2 Å². The Balaban J connectivity index is 1.44. The summed E-state index contributed by atoms with van der Waals surface area (Å²) >= 11 is 0. The first-order valence-electron chi connectivity index (χ1n) is 8.17. The van der Waals surface area contributed by atoms with E-state index in [9.17, 15) is 18.0 Å². The SMILES string of the molecule is O=C(NCc1nnc2ccccn12)C1CC1c1ccccc1C(F)(F)F. The fraction of sp³-hybridized carbons (Fsp3) is 0.278. The van der Waals surface area contributed by atoms with E-state index >= 15 is 0 Å². The number of amides is 1. The highest BCUT2D eigenvalue weighted by Crippen LogP contribution is 2.51. The van der Waals surface area contributed by atoms with Crippen LogP contribution in [0.25, 0.3) is 5.65 Å². The van der Waals surface area contributed by atoms with Crippen LogP contribution in [0, 0.1) is 5.92 Å². The van der Waals surface area contributed by atoms with E-state index < -0.39 is 23.6 Å². The van der Waals surface area contributed by atoms with Crippen LogP contribution in [0.1, 0.15) is 29.3 Å². The lowest BCUT2D eigenvalue weighted by atomic mass is 10.0. The minimum absolute atomic E-state index is 0.175. The number of carbonyl (C=O) groups is 1. The van der Waals surface area contributed by atoms with Crippen molar-refractivity contribution in [2.45, 2.75) is 25.1 Å². The maximum atomic E-state index is 13.1. The van der Waals surface area contributed by atoms with Crippen LogP contribution in [0.4, 0.5) is 13.2 Å². The fourth-order valence-electron chi connectivity index (χ4n) is 3.22. The van der Waals surface area contributed by atoms with Gasteiger partial charge in [0.25, 0.3) is 0 Å². The second-order valence-corrected chi connectivity index (χ2v) is 6.30. The lowest BCUT2D eigenvalue weighted by Crippen LogP contribution is -2.26. The molecule has 1 amide bonds. The molecule has 2 heterocycles. The van der Waals surface area contributed by atoms with Gasteiger partial charge in [0.15, 0.2) is 11.5 Å². The number of benzene rings is 1. The third-order valence-electron chi connectivity index (χ3n) is 4.60. The minimum Gasteiger partial charge on any atom is -0.349 e. The molecular weight excluding hydrogens is 345 g/mol. The van der Waals surface area contributed by atoms with Crippen molar-refractivity contribution in [3.63, 3.8) is 0 Å². The number of nitrogens with one attached hydrogen (secondary N) is 1. The summed E-state index contributed by atoms with van der Waals surface area (Å²) in [5.41, 5.74) is 0.192. The zero-order valence-electron chi connectivity index (χ0n) is 13.6. The highest BCUT2D eigenvalue weighted by atomic mass is 19.4. The average Bonchev–Trinajstić information content (AvgIpc) is 3.32. The zero-order valence-corrected chi connectivity index (χ0v) is 13.6. The molecule has 0 aliphatic heterocycles. The van der Waals surface area contributed by atoms with E-state index in [0.29, 0.717) is 17.9 Å². The quantitative estimate of drug-likeness (QED) is 0.778. The summed E-state index contributed by atoms with van der Waals surface area (Å²) in [7, 11) is 0. The number of hydrogen-bond donors (Lipinski definition) is 1. The third kappa shape index (κ3) is 3.02. The molecule has 1 N–H and O–H groups in total. The molecule has 0 spiro atoms. The Morgan fingerprint density at radius 1 is 1.15 bits per heavy atom. The second-order valence-electron chi connectivity index (χ2n) is 6.30. The van der Waals surface area contributed by atoms with Crippen LogP contribution in [-0.4, -0.2) is 20.5 Å². The van der Waals surface area contributed by atoms with Gasteiger partial charge in [0.05, 0.1) is 12.1 Å². The molecule has 4 rings (SSSR count). The van der Waals surface area contributed by atoms with Gasteiger partial charge in [-0.3, -0.25) is 9.20 Å². The maximum absolute atomic E-state index is 13.1. The standard InChI is InChI=1S/C18H15F3N4O/c19-18(20,21)14-6-2-1-5-11(14)12-9-13(12)17(26)22-10-16-24-23-15-7-3-4-8-25(15)16/h1-8,12-13H,9-10H2,(H,22,26). The molecule has 8 heteroatoms. The second kappa shape index (κ2) is 6.12. The van der Waals surface area contributed by atoms with Crippen molar-refractivity contribution in [3.8, 4) is 0 Å². The largest absolute Gasteiger partial charge is 0.416 e. The third-order valence-corrected chi connectivity index (χ3v) is 4.60. The first kappa shape index (κ1) is 16.6. The van der Waals surface area contributed by atoms with E-state index in [1.165, 1.54) is 12.1 Å². The number of halogens is 3. The van der Waals surface area contributed by atoms with Crippen molar-refractivity contribution in [2.24, 2.45) is 5.92 Å². The topological polar surface area (TPSA) is 59.3 Å². The smallest absolute Gasteiger partial charge is 0.349 e. The molecule has 0 radical (unpaired) electrons. The van der Waals surface area contributed by atoms with Crippen LogP contribution >= 0.6 is 0 Å². The van der Waals surface area contributed by atoms with E-state index in [2.05, 4.69) is 15.5 Å². The number of fused-ring (bicyclic) bond motifs is 1. The van der Waals surface area contributed by atoms with Gasteiger partial charge in [-0.25, -0.2) is 0 Å². The lowest BCUT2D eigenvalue weighted by molar-refractivity contribution is -0.138. The van der Waals surface area contributed by atoms with E-state index in [0.717, 1.165) is 6.07 Å².